The van der Waals surface area contributed by atoms with E-state index in [4.69, 9.17) is 0 Å². The predicted molar refractivity (Wildman–Crippen MR) is 50.4 cm³/mol. The van der Waals surface area contributed by atoms with Gasteiger partial charge in [0.2, 0.25) is 5.91 Å². The van der Waals surface area contributed by atoms with Gasteiger partial charge >= 0.3 is 0 Å². The Morgan fingerprint density at radius 2 is 2.31 bits per heavy atom. The molecule has 1 unspecified atom stereocenters. The Hall–Kier alpha value is -1.38. The highest BCUT2D eigenvalue weighted by Crippen LogP contribution is 2.35. The van der Waals surface area contributed by atoms with E-state index in [0.717, 1.165) is 11.3 Å². The molecule has 1 aromatic heterocycles. The normalized spacial score (nSPS) is 20.2. The van der Waals surface area contributed by atoms with Crippen LogP contribution in [0.5, 0.6) is 0 Å². The Labute approximate surface area is 77.2 Å². The fourth-order valence-corrected chi connectivity index (χ4v) is 1.78. The lowest BCUT2D eigenvalue weighted by Crippen LogP contribution is -2.16. The molecule has 2 rings (SSSR count). The lowest BCUT2D eigenvalue weighted by molar-refractivity contribution is -0.117. The molecule has 0 aliphatic carbocycles. The summed E-state index contributed by atoms with van der Waals surface area (Å²) in [6, 6.07) is 1.84. The maximum atomic E-state index is 11.5. The quantitative estimate of drug-likeness (QED) is 0.708. The second kappa shape index (κ2) is 2.83. The molecule has 0 bridgehead atoms. The smallest absolute Gasteiger partial charge is 0.232 e. The fraction of sp³-hybridized carbons (Fsp3) is 0.400. The summed E-state index contributed by atoms with van der Waals surface area (Å²) in [6.45, 7) is 4.10. The molecule has 2 heterocycles. The molecule has 68 valence electrons. The van der Waals surface area contributed by atoms with Gasteiger partial charge in [-0.05, 0) is 12.0 Å². The Balaban J connectivity index is 2.46. The summed E-state index contributed by atoms with van der Waals surface area (Å²) >= 11 is 0. The Morgan fingerprint density at radius 1 is 1.54 bits per heavy atom. The lowest BCUT2D eigenvalue weighted by atomic mass is 9.91. The zero-order chi connectivity index (χ0) is 9.42. The molecule has 1 atom stereocenters. The number of aromatic nitrogens is 1. The minimum Gasteiger partial charge on any atom is -0.325 e. The maximum Gasteiger partial charge on any atom is 0.232 e. The lowest BCUT2D eigenvalue weighted by Gasteiger charge is -2.11. The Morgan fingerprint density at radius 3 is 3.00 bits per heavy atom. The van der Waals surface area contributed by atoms with Gasteiger partial charge in [0.05, 0.1) is 5.92 Å². The van der Waals surface area contributed by atoms with E-state index in [-0.39, 0.29) is 11.8 Å². The number of nitrogens with zero attached hydrogens (tertiary/aromatic N) is 1. The Bertz CT molecular complexity index is 347. The maximum absolute atomic E-state index is 11.5. The first-order valence-electron chi connectivity index (χ1n) is 4.45. The summed E-state index contributed by atoms with van der Waals surface area (Å²) in [5.41, 5.74) is 1.95. The van der Waals surface area contributed by atoms with Gasteiger partial charge in [-0.15, -0.1) is 0 Å². The number of carbonyl (C=O) groups is 1. The molecular formula is C10H12N2O. The fourth-order valence-electron chi connectivity index (χ4n) is 1.78. The number of pyridine rings is 1. The minimum absolute atomic E-state index is 0.0244. The summed E-state index contributed by atoms with van der Waals surface area (Å²) < 4.78 is 0. The first-order chi connectivity index (χ1) is 6.20. The predicted octanol–water partition coefficient (Wildman–Crippen LogP) is 1.77. The summed E-state index contributed by atoms with van der Waals surface area (Å²) in [5, 5.41) is 2.85. The molecule has 1 aliphatic heterocycles. The van der Waals surface area contributed by atoms with Crippen LogP contribution in [0.2, 0.25) is 0 Å². The monoisotopic (exact) mass is 176 g/mol. The van der Waals surface area contributed by atoms with Crippen LogP contribution < -0.4 is 5.32 Å². The van der Waals surface area contributed by atoms with E-state index in [1.54, 1.807) is 12.4 Å². The molecule has 0 spiro atoms. The second-order valence-corrected chi connectivity index (χ2v) is 3.67. The molecule has 1 amide bonds. The van der Waals surface area contributed by atoms with Gasteiger partial charge in [0.15, 0.2) is 0 Å². The number of amides is 1. The summed E-state index contributed by atoms with van der Waals surface area (Å²) in [5.74, 6) is 0.396. The molecule has 0 saturated heterocycles. The third kappa shape index (κ3) is 1.20. The summed E-state index contributed by atoms with van der Waals surface area (Å²) in [7, 11) is 0. The third-order valence-electron chi connectivity index (χ3n) is 2.39. The molecule has 13 heavy (non-hydrogen) atoms. The topological polar surface area (TPSA) is 42.0 Å². The van der Waals surface area contributed by atoms with Crippen LogP contribution >= 0.6 is 0 Å². The summed E-state index contributed by atoms with van der Waals surface area (Å²) in [6.07, 6.45) is 3.47. The summed E-state index contributed by atoms with van der Waals surface area (Å²) in [4.78, 5) is 15.6. The molecular weight excluding hydrogens is 164 g/mol. The number of fused-ring (bicyclic) bond motifs is 1. The average molecular weight is 176 g/mol. The van der Waals surface area contributed by atoms with Crippen LogP contribution in [0.3, 0.4) is 0 Å². The van der Waals surface area contributed by atoms with Crippen LogP contribution in [0.15, 0.2) is 18.5 Å². The van der Waals surface area contributed by atoms with E-state index in [2.05, 4.69) is 10.3 Å². The number of hydrogen-bond acceptors (Lipinski definition) is 2. The van der Waals surface area contributed by atoms with Gasteiger partial charge in [-0.2, -0.15) is 0 Å². The van der Waals surface area contributed by atoms with Crippen LogP contribution in [-0.2, 0) is 4.79 Å². The highest BCUT2D eigenvalue weighted by molar-refractivity contribution is 6.02. The first-order valence-corrected chi connectivity index (χ1v) is 4.45. The van der Waals surface area contributed by atoms with Crippen LogP contribution in [0, 0.1) is 5.92 Å². The number of anilines is 1. The van der Waals surface area contributed by atoms with Gasteiger partial charge in [-0.3, -0.25) is 9.78 Å². The SMILES string of the molecule is CC(C)C1C(=O)Nc2ccncc21. The number of nitrogens with one attached hydrogen (secondary N) is 1. The number of hydrogen-bond donors (Lipinski definition) is 1. The van der Waals surface area contributed by atoms with Crippen LogP contribution in [0.4, 0.5) is 5.69 Å². The van der Waals surface area contributed by atoms with E-state index < -0.39 is 0 Å². The second-order valence-electron chi connectivity index (χ2n) is 3.67. The molecule has 3 heteroatoms. The van der Waals surface area contributed by atoms with E-state index in [0.29, 0.717) is 5.92 Å². The largest absolute Gasteiger partial charge is 0.325 e. The Kier molecular flexibility index (Phi) is 1.79. The van der Waals surface area contributed by atoms with Crippen molar-refractivity contribution in [1.82, 2.24) is 4.98 Å². The molecule has 0 radical (unpaired) electrons. The van der Waals surface area contributed by atoms with Crippen LogP contribution in [0.1, 0.15) is 25.3 Å². The van der Waals surface area contributed by atoms with Crippen molar-refractivity contribution in [3.63, 3.8) is 0 Å². The van der Waals surface area contributed by atoms with E-state index >= 15 is 0 Å². The van der Waals surface area contributed by atoms with Gasteiger partial charge in [0, 0.05) is 23.6 Å². The van der Waals surface area contributed by atoms with Crippen molar-refractivity contribution in [2.75, 3.05) is 5.32 Å². The van der Waals surface area contributed by atoms with Gasteiger partial charge < -0.3 is 5.32 Å². The average Bonchev–Trinajstić information content (AvgIpc) is 2.39. The van der Waals surface area contributed by atoms with Crippen molar-refractivity contribution < 1.29 is 4.79 Å². The van der Waals surface area contributed by atoms with Gasteiger partial charge in [-0.25, -0.2) is 0 Å². The molecule has 0 saturated carbocycles. The zero-order valence-corrected chi connectivity index (χ0v) is 7.74. The van der Waals surface area contributed by atoms with Crippen molar-refractivity contribution in [2.45, 2.75) is 19.8 Å². The molecule has 1 aliphatic rings. The molecule has 0 aromatic carbocycles. The van der Waals surface area contributed by atoms with Crippen molar-refractivity contribution in [3.05, 3.63) is 24.0 Å². The highest BCUT2D eigenvalue weighted by Gasteiger charge is 2.32. The van der Waals surface area contributed by atoms with Gasteiger partial charge in [0.1, 0.15) is 0 Å². The highest BCUT2D eigenvalue weighted by atomic mass is 16.2. The van der Waals surface area contributed by atoms with Crippen molar-refractivity contribution in [1.29, 1.82) is 0 Å². The van der Waals surface area contributed by atoms with Gasteiger partial charge in [-0.1, -0.05) is 13.8 Å². The number of carbonyl (C=O) groups excluding carboxylic acids is 1. The third-order valence-corrected chi connectivity index (χ3v) is 2.39. The molecule has 0 fully saturated rings. The standard InChI is InChI=1S/C10H12N2O/c1-6(2)9-7-5-11-4-3-8(7)12-10(9)13/h3-6,9H,1-2H3,(H,12,13). The van der Waals surface area contributed by atoms with Gasteiger partial charge in [0.25, 0.3) is 0 Å². The minimum atomic E-state index is -0.0244. The number of rotatable bonds is 1. The molecule has 1 aromatic rings. The zero-order valence-electron chi connectivity index (χ0n) is 7.74. The van der Waals surface area contributed by atoms with Crippen LogP contribution in [0.25, 0.3) is 0 Å². The molecule has 3 nitrogen and oxygen atoms in total. The van der Waals surface area contributed by atoms with Crippen molar-refractivity contribution in [2.24, 2.45) is 5.92 Å². The van der Waals surface area contributed by atoms with E-state index in [1.165, 1.54) is 0 Å². The van der Waals surface area contributed by atoms with E-state index in [1.807, 2.05) is 19.9 Å². The first kappa shape index (κ1) is 8.23. The molecule has 1 N–H and O–H groups in total. The van der Waals surface area contributed by atoms with E-state index in [9.17, 15) is 4.79 Å². The van der Waals surface area contributed by atoms with Crippen LogP contribution in [-0.4, -0.2) is 10.9 Å². The van der Waals surface area contributed by atoms with Crippen molar-refractivity contribution in [3.8, 4) is 0 Å². The van der Waals surface area contributed by atoms with Crippen molar-refractivity contribution >= 4 is 11.6 Å².